The Morgan fingerprint density at radius 2 is 1.86 bits per heavy atom. The van der Waals surface area contributed by atoms with Crippen molar-refractivity contribution < 1.29 is 14.3 Å². The van der Waals surface area contributed by atoms with Gasteiger partial charge in [0, 0.05) is 25.9 Å². The highest BCUT2D eigenvalue weighted by molar-refractivity contribution is 8.00. The average molecular weight is 323 g/mol. The number of thioether (sulfide) groups is 1. The van der Waals surface area contributed by atoms with Gasteiger partial charge in [-0.1, -0.05) is 6.92 Å². The number of benzene rings is 1. The smallest absolute Gasteiger partial charge is 0.235 e. The largest absolute Gasteiger partial charge is 0.497 e. The second-order valence-electron chi connectivity index (χ2n) is 5.42. The molecule has 1 aromatic carbocycles. The molecule has 5 heteroatoms. The summed E-state index contributed by atoms with van der Waals surface area (Å²) in [4.78, 5) is 14.2. The Bertz CT molecular complexity index is 469. The predicted molar refractivity (Wildman–Crippen MR) is 90.8 cm³/mol. The fourth-order valence-electron chi connectivity index (χ4n) is 2.62. The number of piperidine rings is 1. The van der Waals surface area contributed by atoms with E-state index in [1.165, 1.54) is 0 Å². The minimum absolute atomic E-state index is 0.0593. The molecule has 0 bridgehead atoms. The van der Waals surface area contributed by atoms with Gasteiger partial charge in [0.1, 0.15) is 17.6 Å². The van der Waals surface area contributed by atoms with Crippen LogP contribution in [0.1, 0.15) is 26.7 Å². The van der Waals surface area contributed by atoms with Crippen LogP contribution in [0.5, 0.6) is 11.5 Å². The standard InChI is InChI=1S/C17H25NO3S/c1-4-22-13(2)17(19)18-11-9-16(10-12-18)21-15-7-5-14(20-3)6-8-15/h5-8,13,16H,4,9-12H2,1-3H3/t13-/m1/s1. The van der Waals surface area contributed by atoms with E-state index < -0.39 is 0 Å². The predicted octanol–water partition coefficient (Wildman–Crippen LogP) is 3.21. The lowest BCUT2D eigenvalue weighted by atomic mass is 10.1. The number of carbonyl (C=O) groups excluding carboxylic acids is 1. The van der Waals surface area contributed by atoms with E-state index in [2.05, 4.69) is 6.92 Å². The van der Waals surface area contributed by atoms with E-state index >= 15 is 0 Å². The SMILES string of the molecule is CCS[C@H](C)C(=O)N1CCC(Oc2ccc(OC)cc2)CC1. The van der Waals surface area contributed by atoms with Crippen LogP contribution in [-0.2, 0) is 4.79 Å². The van der Waals surface area contributed by atoms with Gasteiger partial charge in [-0.2, -0.15) is 0 Å². The summed E-state index contributed by atoms with van der Waals surface area (Å²) in [6.07, 6.45) is 1.97. The highest BCUT2D eigenvalue weighted by Gasteiger charge is 2.26. The maximum atomic E-state index is 12.3. The molecular weight excluding hydrogens is 298 g/mol. The molecule has 4 nitrogen and oxygen atoms in total. The van der Waals surface area contributed by atoms with Gasteiger partial charge in [-0.25, -0.2) is 0 Å². The van der Waals surface area contributed by atoms with Gasteiger partial charge < -0.3 is 14.4 Å². The highest BCUT2D eigenvalue weighted by Crippen LogP contribution is 2.23. The lowest BCUT2D eigenvalue weighted by Crippen LogP contribution is -2.44. The van der Waals surface area contributed by atoms with Crippen LogP contribution in [-0.4, -0.2) is 48.1 Å². The maximum Gasteiger partial charge on any atom is 0.235 e. The number of ether oxygens (including phenoxy) is 2. The lowest BCUT2D eigenvalue weighted by Gasteiger charge is -2.33. The Labute approximate surface area is 137 Å². The molecule has 1 aliphatic heterocycles. The molecule has 1 atom stereocenters. The van der Waals surface area contributed by atoms with Gasteiger partial charge in [0.05, 0.1) is 12.4 Å². The Morgan fingerprint density at radius 3 is 2.41 bits per heavy atom. The molecular formula is C17H25NO3S. The van der Waals surface area contributed by atoms with Crippen LogP contribution in [0.25, 0.3) is 0 Å². The van der Waals surface area contributed by atoms with Crippen LogP contribution >= 0.6 is 11.8 Å². The van der Waals surface area contributed by atoms with Gasteiger partial charge in [0.15, 0.2) is 0 Å². The number of methoxy groups -OCH3 is 1. The topological polar surface area (TPSA) is 38.8 Å². The number of hydrogen-bond acceptors (Lipinski definition) is 4. The summed E-state index contributed by atoms with van der Waals surface area (Å²) in [5.41, 5.74) is 0. The summed E-state index contributed by atoms with van der Waals surface area (Å²) in [7, 11) is 1.65. The minimum Gasteiger partial charge on any atom is -0.497 e. The molecule has 1 fully saturated rings. The van der Waals surface area contributed by atoms with Crippen molar-refractivity contribution >= 4 is 17.7 Å². The number of nitrogens with zero attached hydrogens (tertiary/aromatic N) is 1. The van der Waals surface area contributed by atoms with Crippen molar-refractivity contribution in [3.63, 3.8) is 0 Å². The molecule has 0 saturated carbocycles. The average Bonchev–Trinajstić information content (AvgIpc) is 2.56. The molecule has 1 saturated heterocycles. The van der Waals surface area contributed by atoms with Gasteiger partial charge in [-0.05, 0) is 36.9 Å². The van der Waals surface area contributed by atoms with Crippen LogP contribution in [0, 0.1) is 0 Å². The highest BCUT2D eigenvalue weighted by atomic mass is 32.2. The van der Waals surface area contributed by atoms with E-state index in [4.69, 9.17) is 9.47 Å². The first-order chi connectivity index (χ1) is 10.6. The van der Waals surface area contributed by atoms with Crippen molar-refractivity contribution in [3.05, 3.63) is 24.3 Å². The number of likely N-dealkylation sites (tertiary alicyclic amines) is 1. The molecule has 0 N–H and O–H groups in total. The van der Waals surface area contributed by atoms with Gasteiger partial charge in [-0.3, -0.25) is 4.79 Å². The molecule has 0 unspecified atom stereocenters. The normalized spacial score (nSPS) is 17.1. The van der Waals surface area contributed by atoms with E-state index in [0.29, 0.717) is 0 Å². The van der Waals surface area contributed by atoms with E-state index in [1.807, 2.05) is 36.1 Å². The van der Waals surface area contributed by atoms with Gasteiger partial charge in [0.25, 0.3) is 0 Å². The Balaban J connectivity index is 1.80. The molecule has 0 radical (unpaired) electrons. The summed E-state index contributed by atoms with van der Waals surface area (Å²) < 4.78 is 11.1. The van der Waals surface area contributed by atoms with E-state index in [1.54, 1.807) is 18.9 Å². The second-order valence-corrected chi connectivity index (χ2v) is 7.03. The van der Waals surface area contributed by atoms with Crippen LogP contribution in [0.4, 0.5) is 0 Å². The van der Waals surface area contributed by atoms with Crippen molar-refractivity contribution in [2.45, 2.75) is 38.0 Å². The van der Waals surface area contributed by atoms with Gasteiger partial charge >= 0.3 is 0 Å². The quantitative estimate of drug-likeness (QED) is 0.806. The van der Waals surface area contributed by atoms with Crippen LogP contribution < -0.4 is 9.47 Å². The third-order valence-electron chi connectivity index (χ3n) is 3.88. The Hall–Kier alpha value is -1.36. The fraction of sp³-hybridized carbons (Fsp3) is 0.588. The zero-order chi connectivity index (χ0) is 15.9. The Morgan fingerprint density at radius 1 is 1.27 bits per heavy atom. The molecule has 1 amide bonds. The Kier molecular flexibility index (Phi) is 6.43. The number of rotatable bonds is 6. The van der Waals surface area contributed by atoms with Crippen molar-refractivity contribution in [2.24, 2.45) is 0 Å². The van der Waals surface area contributed by atoms with E-state index in [0.717, 1.165) is 43.2 Å². The molecule has 1 heterocycles. The number of carbonyl (C=O) groups is 1. The van der Waals surface area contributed by atoms with Crippen LogP contribution in [0.15, 0.2) is 24.3 Å². The van der Waals surface area contributed by atoms with E-state index in [-0.39, 0.29) is 17.3 Å². The van der Waals surface area contributed by atoms with Gasteiger partial charge in [0.2, 0.25) is 5.91 Å². The molecule has 0 aromatic heterocycles. The van der Waals surface area contributed by atoms with Crippen molar-refractivity contribution in [2.75, 3.05) is 26.0 Å². The van der Waals surface area contributed by atoms with Crippen molar-refractivity contribution in [1.82, 2.24) is 4.90 Å². The maximum absolute atomic E-state index is 12.3. The molecule has 1 aromatic rings. The lowest BCUT2D eigenvalue weighted by molar-refractivity contribution is -0.132. The fourth-order valence-corrected chi connectivity index (χ4v) is 3.41. The third-order valence-corrected chi connectivity index (χ3v) is 4.92. The molecule has 2 rings (SSSR count). The monoisotopic (exact) mass is 323 g/mol. The summed E-state index contributed by atoms with van der Waals surface area (Å²) in [6, 6.07) is 7.65. The summed E-state index contributed by atoms with van der Waals surface area (Å²) in [6.45, 7) is 5.66. The van der Waals surface area contributed by atoms with Gasteiger partial charge in [-0.15, -0.1) is 11.8 Å². The number of hydrogen-bond donors (Lipinski definition) is 0. The van der Waals surface area contributed by atoms with Crippen molar-refractivity contribution in [1.29, 1.82) is 0 Å². The molecule has 0 aliphatic carbocycles. The zero-order valence-corrected chi connectivity index (χ0v) is 14.4. The van der Waals surface area contributed by atoms with Crippen LogP contribution in [0.3, 0.4) is 0 Å². The zero-order valence-electron chi connectivity index (χ0n) is 13.6. The van der Waals surface area contributed by atoms with Crippen LogP contribution in [0.2, 0.25) is 0 Å². The molecule has 122 valence electrons. The number of amides is 1. The first-order valence-electron chi connectivity index (χ1n) is 7.85. The first-order valence-corrected chi connectivity index (χ1v) is 8.90. The third kappa shape index (κ3) is 4.57. The van der Waals surface area contributed by atoms with Crippen molar-refractivity contribution in [3.8, 4) is 11.5 Å². The molecule has 0 spiro atoms. The minimum atomic E-state index is 0.0593. The summed E-state index contributed by atoms with van der Waals surface area (Å²) in [5.74, 6) is 2.93. The molecule has 1 aliphatic rings. The second kappa shape index (κ2) is 8.32. The summed E-state index contributed by atoms with van der Waals surface area (Å²) in [5, 5.41) is 0.0593. The summed E-state index contributed by atoms with van der Waals surface area (Å²) >= 11 is 1.71. The van der Waals surface area contributed by atoms with E-state index in [9.17, 15) is 4.79 Å². The molecule has 22 heavy (non-hydrogen) atoms. The first kappa shape index (κ1) is 17.0.